The van der Waals surface area contributed by atoms with Crippen molar-refractivity contribution in [3.05, 3.63) is 48.4 Å². The van der Waals surface area contributed by atoms with E-state index in [0.29, 0.717) is 48.6 Å². The van der Waals surface area contributed by atoms with E-state index in [0.717, 1.165) is 22.6 Å². The van der Waals surface area contributed by atoms with Gasteiger partial charge in [-0.2, -0.15) is 0 Å². The molecule has 4 N–H and O–H groups in total. The van der Waals surface area contributed by atoms with Crippen molar-refractivity contribution >= 4 is 28.6 Å². The van der Waals surface area contributed by atoms with Crippen LogP contribution in [0.1, 0.15) is 5.76 Å². The zero-order chi connectivity index (χ0) is 22.5. The first-order valence-corrected chi connectivity index (χ1v) is 10.1. The molecule has 0 saturated heterocycles. The van der Waals surface area contributed by atoms with Crippen molar-refractivity contribution in [2.75, 3.05) is 38.5 Å². The minimum absolute atomic E-state index is 0.432. The lowest BCUT2D eigenvalue weighted by Crippen LogP contribution is -2.13. The van der Waals surface area contributed by atoms with Gasteiger partial charge in [0, 0.05) is 30.9 Å². The van der Waals surface area contributed by atoms with E-state index in [1.807, 2.05) is 41.0 Å². The lowest BCUT2D eigenvalue weighted by molar-refractivity contribution is 0.324. The third-order valence-corrected chi connectivity index (χ3v) is 4.89. The van der Waals surface area contributed by atoms with Gasteiger partial charge in [0.15, 0.2) is 17.1 Å². The fourth-order valence-electron chi connectivity index (χ4n) is 3.41. The quantitative estimate of drug-likeness (QED) is 0.342. The van der Waals surface area contributed by atoms with E-state index >= 15 is 0 Å². The molecule has 0 spiro atoms. The number of ether oxygens (including phenoxy) is 3. The smallest absolute Gasteiger partial charge is 0.209 e. The highest BCUT2D eigenvalue weighted by Gasteiger charge is 2.17. The Balaban J connectivity index is 1.67. The van der Waals surface area contributed by atoms with E-state index < -0.39 is 0 Å². The molecule has 0 radical (unpaired) electrons. The van der Waals surface area contributed by atoms with E-state index in [4.69, 9.17) is 34.3 Å². The molecule has 10 heteroatoms. The normalized spacial score (nSPS) is 10.9. The molecular weight excluding hydrogens is 412 g/mol. The summed E-state index contributed by atoms with van der Waals surface area (Å²) in [6.45, 7) is 1.51. The highest BCUT2D eigenvalue weighted by molar-refractivity contribution is 5.78. The molecule has 0 bridgehead atoms. The summed E-state index contributed by atoms with van der Waals surface area (Å²) in [4.78, 5) is 9.44. The molecule has 1 aromatic carbocycles. The highest BCUT2D eigenvalue weighted by atomic mass is 16.5. The molecule has 0 aliphatic heterocycles. The number of nitrogens with zero attached hydrogens (tertiary/aromatic N) is 3. The van der Waals surface area contributed by atoms with Gasteiger partial charge in [-0.3, -0.25) is 4.57 Å². The first-order valence-electron chi connectivity index (χ1n) is 10.1. The first kappa shape index (κ1) is 21.3. The van der Waals surface area contributed by atoms with Gasteiger partial charge in [0.05, 0.1) is 34.1 Å². The van der Waals surface area contributed by atoms with E-state index in [9.17, 15) is 0 Å². The van der Waals surface area contributed by atoms with Gasteiger partial charge in [0.25, 0.3) is 0 Å². The minimum atomic E-state index is 0.432. The van der Waals surface area contributed by atoms with Gasteiger partial charge in [0.1, 0.15) is 17.1 Å². The molecule has 3 heterocycles. The highest BCUT2D eigenvalue weighted by Crippen LogP contribution is 2.40. The summed E-state index contributed by atoms with van der Waals surface area (Å²) in [7, 11) is 4.72. The fraction of sp³-hybridized carbons (Fsp3) is 0.273. The molecule has 4 rings (SSSR count). The number of anilines is 3. The Kier molecular flexibility index (Phi) is 6.31. The third kappa shape index (κ3) is 4.26. The number of nitrogens with one attached hydrogen (secondary N) is 2. The Morgan fingerprint density at radius 3 is 2.44 bits per heavy atom. The number of aromatic nitrogens is 3. The summed E-state index contributed by atoms with van der Waals surface area (Å²) in [5.74, 6) is 3.75. The average Bonchev–Trinajstić information content (AvgIpc) is 3.45. The van der Waals surface area contributed by atoms with Crippen LogP contribution >= 0.6 is 0 Å². The van der Waals surface area contributed by atoms with E-state index in [1.54, 1.807) is 27.6 Å². The molecule has 168 valence electrons. The molecular formula is C22H26N6O4. The Morgan fingerprint density at radius 2 is 1.81 bits per heavy atom. The van der Waals surface area contributed by atoms with Gasteiger partial charge in [-0.05, 0) is 24.3 Å². The maximum Gasteiger partial charge on any atom is 0.209 e. The molecule has 32 heavy (non-hydrogen) atoms. The summed E-state index contributed by atoms with van der Waals surface area (Å²) in [6.07, 6.45) is 1.64. The van der Waals surface area contributed by atoms with Crippen LogP contribution in [0.25, 0.3) is 11.2 Å². The van der Waals surface area contributed by atoms with Crippen LogP contribution in [0, 0.1) is 0 Å². The van der Waals surface area contributed by atoms with Crippen LogP contribution in [0.5, 0.6) is 17.2 Å². The molecule has 4 aromatic rings. The van der Waals surface area contributed by atoms with Crippen molar-refractivity contribution in [3.8, 4) is 17.2 Å². The second-order valence-electron chi connectivity index (χ2n) is 6.89. The molecule has 0 atom stereocenters. The number of methoxy groups -OCH3 is 3. The van der Waals surface area contributed by atoms with Crippen LogP contribution in [-0.4, -0.2) is 42.4 Å². The predicted molar refractivity (Wildman–Crippen MR) is 122 cm³/mol. The van der Waals surface area contributed by atoms with Crippen molar-refractivity contribution in [1.29, 1.82) is 0 Å². The minimum Gasteiger partial charge on any atom is -0.493 e. The number of nitrogens with two attached hydrogens (primary N) is 1. The summed E-state index contributed by atoms with van der Waals surface area (Å²) >= 11 is 0. The fourth-order valence-corrected chi connectivity index (χ4v) is 3.41. The zero-order valence-corrected chi connectivity index (χ0v) is 18.2. The molecule has 0 aliphatic rings. The Morgan fingerprint density at radius 1 is 1.03 bits per heavy atom. The van der Waals surface area contributed by atoms with Crippen molar-refractivity contribution in [2.24, 2.45) is 5.73 Å². The van der Waals surface area contributed by atoms with E-state index in [1.165, 1.54) is 0 Å². The molecule has 0 fully saturated rings. The van der Waals surface area contributed by atoms with Crippen LogP contribution in [0.3, 0.4) is 0 Å². The Hall–Kier alpha value is -3.92. The summed E-state index contributed by atoms with van der Waals surface area (Å²) in [6, 6.07) is 11.2. The number of rotatable bonds is 10. The van der Waals surface area contributed by atoms with Gasteiger partial charge < -0.3 is 35.0 Å². The van der Waals surface area contributed by atoms with E-state index in [-0.39, 0.29) is 0 Å². The first-order chi connectivity index (χ1) is 15.7. The molecule has 0 saturated carbocycles. The lowest BCUT2D eigenvalue weighted by Gasteiger charge is -2.15. The average molecular weight is 438 g/mol. The largest absolute Gasteiger partial charge is 0.493 e. The second kappa shape index (κ2) is 9.48. The number of pyridine rings is 1. The van der Waals surface area contributed by atoms with Gasteiger partial charge in [-0.1, -0.05) is 0 Å². The predicted octanol–water partition coefficient (Wildman–Crippen LogP) is 3.36. The number of furan rings is 1. The molecule has 0 aliphatic carbocycles. The number of hydrogen-bond donors (Lipinski definition) is 3. The maximum absolute atomic E-state index is 5.87. The van der Waals surface area contributed by atoms with Crippen LogP contribution in [0.2, 0.25) is 0 Å². The van der Waals surface area contributed by atoms with Crippen molar-refractivity contribution in [2.45, 2.75) is 13.1 Å². The van der Waals surface area contributed by atoms with Crippen LogP contribution in [0.15, 0.2) is 47.1 Å². The van der Waals surface area contributed by atoms with Crippen LogP contribution < -0.4 is 30.6 Å². The van der Waals surface area contributed by atoms with Gasteiger partial charge in [-0.15, -0.1) is 0 Å². The SMILES string of the molecule is COc1cc(Nc2nc3ccc(NCc4ccco4)nc3n2CCN)cc(OC)c1OC. The summed E-state index contributed by atoms with van der Waals surface area (Å²) in [5.41, 5.74) is 8.07. The number of hydrogen-bond acceptors (Lipinski definition) is 9. The standard InChI is InChI=1S/C22H26N6O4/c1-29-17-11-14(12-18(30-2)20(17)31-3)25-22-26-16-6-7-19(24-13-15-5-4-10-32-15)27-21(16)28(22)9-8-23/h4-7,10-12H,8-9,13,23H2,1-3H3,(H,24,27)(H,25,26). The summed E-state index contributed by atoms with van der Waals surface area (Å²) in [5, 5.41) is 6.59. The second-order valence-corrected chi connectivity index (χ2v) is 6.89. The number of fused-ring (bicyclic) bond motifs is 1. The topological polar surface area (TPSA) is 122 Å². The van der Waals surface area contributed by atoms with Crippen molar-refractivity contribution in [3.63, 3.8) is 0 Å². The van der Waals surface area contributed by atoms with Gasteiger partial charge in [0.2, 0.25) is 11.7 Å². The van der Waals surface area contributed by atoms with Gasteiger partial charge >= 0.3 is 0 Å². The number of imidazole rings is 1. The molecule has 10 nitrogen and oxygen atoms in total. The number of benzene rings is 1. The van der Waals surface area contributed by atoms with Gasteiger partial charge in [-0.25, -0.2) is 9.97 Å². The molecule has 0 amide bonds. The Labute approximate surface area is 185 Å². The third-order valence-electron chi connectivity index (χ3n) is 4.89. The van der Waals surface area contributed by atoms with Crippen LogP contribution in [-0.2, 0) is 13.1 Å². The van der Waals surface area contributed by atoms with Crippen LogP contribution in [0.4, 0.5) is 17.5 Å². The van der Waals surface area contributed by atoms with Crippen molar-refractivity contribution in [1.82, 2.24) is 14.5 Å². The summed E-state index contributed by atoms with van der Waals surface area (Å²) < 4.78 is 23.6. The molecule has 3 aromatic heterocycles. The molecule has 0 unspecified atom stereocenters. The lowest BCUT2D eigenvalue weighted by atomic mass is 10.2. The Bertz CT molecular complexity index is 1160. The monoisotopic (exact) mass is 438 g/mol. The maximum atomic E-state index is 5.87. The van der Waals surface area contributed by atoms with E-state index in [2.05, 4.69) is 10.6 Å². The van der Waals surface area contributed by atoms with Crippen molar-refractivity contribution < 1.29 is 18.6 Å². The zero-order valence-electron chi connectivity index (χ0n) is 18.2.